The van der Waals surface area contributed by atoms with Gasteiger partial charge in [-0.15, -0.1) is 5.10 Å². The van der Waals surface area contributed by atoms with Crippen molar-refractivity contribution in [1.82, 2.24) is 25.5 Å². The standard InChI is InChI=1S/C29H36N6O3/c1-19(36)22-9-5-20(6-10-22)17-26(37)35(25-15-13-24(14-16-25)29(2,3)4)18-21-7-11-23(12-8-21)27(38)30-28-31-33-34-32-28/h5-12,24-25H,13-18H2,1-4H3,(H2,30,31,32,33,34,38). The number of Topliss-reactive ketones (excluding diaryl/α,β-unsaturated/α-hetero) is 1. The highest BCUT2D eigenvalue weighted by Crippen LogP contribution is 2.39. The van der Waals surface area contributed by atoms with E-state index in [1.807, 2.05) is 29.2 Å². The van der Waals surface area contributed by atoms with Crippen molar-refractivity contribution in [2.75, 3.05) is 5.32 Å². The zero-order valence-electron chi connectivity index (χ0n) is 22.5. The summed E-state index contributed by atoms with van der Waals surface area (Å²) in [7, 11) is 0. The summed E-state index contributed by atoms with van der Waals surface area (Å²) in [6.45, 7) is 8.89. The molecule has 0 aliphatic heterocycles. The molecule has 9 heteroatoms. The van der Waals surface area contributed by atoms with Crippen LogP contribution in [0.2, 0.25) is 0 Å². The van der Waals surface area contributed by atoms with Crippen LogP contribution in [0.1, 0.15) is 85.2 Å². The Morgan fingerprint density at radius 2 is 1.53 bits per heavy atom. The molecule has 1 aliphatic rings. The molecule has 0 saturated heterocycles. The van der Waals surface area contributed by atoms with Crippen LogP contribution in [-0.2, 0) is 17.8 Å². The molecule has 1 heterocycles. The van der Waals surface area contributed by atoms with Crippen LogP contribution in [0.4, 0.5) is 5.95 Å². The van der Waals surface area contributed by atoms with Gasteiger partial charge in [0, 0.05) is 23.7 Å². The van der Waals surface area contributed by atoms with E-state index in [1.165, 1.54) is 6.92 Å². The molecule has 9 nitrogen and oxygen atoms in total. The first kappa shape index (κ1) is 27.2. The summed E-state index contributed by atoms with van der Waals surface area (Å²) in [6, 6.07) is 14.7. The van der Waals surface area contributed by atoms with Gasteiger partial charge in [-0.25, -0.2) is 0 Å². The van der Waals surface area contributed by atoms with Crippen LogP contribution in [0.3, 0.4) is 0 Å². The molecule has 3 aromatic rings. The van der Waals surface area contributed by atoms with E-state index in [2.05, 4.69) is 46.7 Å². The third-order valence-corrected chi connectivity index (χ3v) is 7.54. The molecule has 0 bridgehead atoms. The Labute approximate surface area is 223 Å². The summed E-state index contributed by atoms with van der Waals surface area (Å²) < 4.78 is 0. The van der Waals surface area contributed by atoms with E-state index in [1.54, 1.807) is 24.3 Å². The first-order chi connectivity index (χ1) is 18.1. The van der Waals surface area contributed by atoms with Gasteiger partial charge >= 0.3 is 0 Å². The molecule has 1 aromatic heterocycles. The number of nitrogens with zero attached hydrogens (tertiary/aromatic N) is 4. The number of hydrogen-bond acceptors (Lipinski definition) is 6. The lowest BCUT2D eigenvalue weighted by Crippen LogP contribution is -2.43. The van der Waals surface area contributed by atoms with Gasteiger partial charge in [0.2, 0.25) is 5.91 Å². The highest BCUT2D eigenvalue weighted by Gasteiger charge is 2.33. The predicted octanol–water partition coefficient (Wildman–Crippen LogP) is 4.83. The van der Waals surface area contributed by atoms with E-state index in [0.29, 0.717) is 23.6 Å². The smallest absolute Gasteiger partial charge is 0.270 e. The summed E-state index contributed by atoms with van der Waals surface area (Å²) in [4.78, 5) is 39.7. The van der Waals surface area contributed by atoms with Gasteiger partial charge in [0.25, 0.3) is 11.9 Å². The van der Waals surface area contributed by atoms with Crippen LogP contribution < -0.4 is 5.32 Å². The van der Waals surface area contributed by atoms with Crippen LogP contribution in [0, 0.1) is 11.3 Å². The number of nitrogens with one attached hydrogen (secondary N) is 2. The normalized spacial score (nSPS) is 17.6. The minimum atomic E-state index is -0.333. The molecule has 1 saturated carbocycles. The highest BCUT2D eigenvalue weighted by atomic mass is 16.2. The second-order valence-electron chi connectivity index (χ2n) is 11.2. The Morgan fingerprint density at radius 1 is 0.921 bits per heavy atom. The fourth-order valence-corrected chi connectivity index (χ4v) is 5.15. The van der Waals surface area contributed by atoms with E-state index in [0.717, 1.165) is 36.8 Å². The van der Waals surface area contributed by atoms with Crippen molar-refractivity contribution in [3.05, 3.63) is 70.8 Å². The molecule has 0 unspecified atom stereocenters. The number of tetrazole rings is 1. The van der Waals surface area contributed by atoms with E-state index in [4.69, 9.17) is 0 Å². The van der Waals surface area contributed by atoms with Crippen molar-refractivity contribution >= 4 is 23.5 Å². The molecule has 38 heavy (non-hydrogen) atoms. The summed E-state index contributed by atoms with van der Waals surface area (Å²) in [5, 5.41) is 15.8. The van der Waals surface area contributed by atoms with Crippen LogP contribution in [0.15, 0.2) is 48.5 Å². The van der Waals surface area contributed by atoms with Gasteiger partial charge in [0.15, 0.2) is 5.78 Å². The van der Waals surface area contributed by atoms with Crippen LogP contribution in [0.5, 0.6) is 0 Å². The monoisotopic (exact) mass is 516 g/mol. The Balaban J connectivity index is 1.48. The molecule has 0 atom stereocenters. The number of aromatic amines is 1. The van der Waals surface area contributed by atoms with Crippen LogP contribution >= 0.6 is 0 Å². The van der Waals surface area contributed by atoms with Crippen LogP contribution in [-0.4, -0.2) is 49.2 Å². The first-order valence-corrected chi connectivity index (χ1v) is 13.1. The predicted molar refractivity (Wildman–Crippen MR) is 144 cm³/mol. The Morgan fingerprint density at radius 3 is 2.08 bits per heavy atom. The van der Waals surface area contributed by atoms with Crippen molar-refractivity contribution in [3.63, 3.8) is 0 Å². The average molecular weight is 517 g/mol. The van der Waals surface area contributed by atoms with Gasteiger partial charge in [0.05, 0.1) is 6.42 Å². The highest BCUT2D eigenvalue weighted by molar-refractivity contribution is 6.03. The molecule has 0 spiro atoms. The first-order valence-electron chi connectivity index (χ1n) is 13.1. The number of carbonyl (C=O) groups is 3. The number of H-pyrrole nitrogens is 1. The number of benzene rings is 2. The second kappa shape index (κ2) is 11.7. The number of aromatic nitrogens is 4. The lowest BCUT2D eigenvalue weighted by molar-refractivity contribution is -0.134. The van der Waals surface area contributed by atoms with Gasteiger partial charge in [0.1, 0.15) is 0 Å². The molecular formula is C29H36N6O3. The van der Waals surface area contributed by atoms with Gasteiger partial charge in [-0.05, 0) is 72.4 Å². The zero-order valence-corrected chi connectivity index (χ0v) is 22.5. The van der Waals surface area contributed by atoms with Gasteiger partial charge in [-0.3, -0.25) is 19.7 Å². The number of rotatable bonds is 8. The van der Waals surface area contributed by atoms with Crippen molar-refractivity contribution in [2.24, 2.45) is 11.3 Å². The largest absolute Gasteiger partial charge is 0.335 e. The molecule has 2 aromatic carbocycles. The molecule has 2 amide bonds. The summed E-state index contributed by atoms with van der Waals surface area (Å²) in [5.74, 6) is 0.499. The SMILES string of the molecule is CC(=O)c1ccc(CC(=O)N(Cc2ccc(C(=O)Nc3nn[nH]n3)cc2)C2CCC(C(C)(C)C)CC2)cc1. The number of amides is 2. The molecular weight excluding hydrogens is 480 g/mol. The molecule has 4 rings (SSSR count). The quantitative estimate of drug-likeness (QED) is 0.414. The molecule has 1 fully saturated rings. The maximum atomic E-state index is 13.6. The molecule has 200 valence electrons. The Hall–Kier alpha value is -3.88. The van der Waals surface area contributed by atoms with Gasteiger partial charge < -0.3 is 4.90 Å². The summed E-state index contributed by atoms with van der Waals surface area (Å²) >= 11 is 0. The van der Waals surface area contributed by atoms with E-state index in [-0.39, 0.29) is 41.4 Å². The molecule has 0 radical (unpaired) electrons. The summed E-state index contributed by atoms with van der Waals surface area (Å²) in [5.41, 5.74) is 3.21. The lowest BCUT2D eigenvalue weighted by atomic mass is 9.71. The van der Waals surface area contributed by atoms with Crippen molar-refractivity contribution in [2.45, 2.75) is 72.4 Å². The van der Waals surface area contributed by atoms with Crippen LogP contribution in [0.25, 0.3) is 0 Å². The molecule has 2 N–H and O–H groups in total. The van der Waals surface area contributed by atoms with Crippen molar-refractivity contribution in [1.29, 1.82) is 0 Å². The maximum Gasteiger partial charge on any atom is 0.270 e. The summed E-state index contributed by atoms with van der Waals surface area (Å²) in [6.07, 6.45) is 4.42. The number of anilines is 1. The van der Waals surface area contributed by atoms with Crippen molar-refractivity contribution in [3.8, 4) is 0 Å². The lowest BCUT2D eigenvalue weighted by Gasteiger charge is -2.41. The topological polar surface area (TPSA) is 121 Å². The number of carbonyl (C=O) groups excluding carboxylic acids is 3. The van der Waals surface area contributed by atoms with Gasteiger partial charge in [-0.1, -0.05) is 62.3 Å². The minimum absolute atomic E-state index is 0.00883. The van der Waals surface area contributed by atoms with E-state index < -0.39 is 0 Å². The third kappa shape index (κ3) is 6.90. The maximum absolute atomic E-state index is 13.6. The van der Waals surface area contributed by atoms with Crippen molar-refractivity contribution < 1.29 is 14.4 Å². The fourth-order valence-electron chi connectivity index (χ4n) is 5.15. The minimum Gasteiger partial charge on any atom is -0.335 e. The van der Waals surface area contributed by atoms with E-state index >= 15 is 0 Å². The Bertz CT molecular complexity index is 1240. The van der Waals surface area contributed by atoms with E-state index in [9.17, 15) is 14.4 Å². The fraction of sp³-hybridized carbons (Fsp3) is 0.448. The second-order valence-corrected chi connectivity index (χ2v) is 11.2. The number of ketones is 1. The number of hydrogen-bond donors (Lipinski definition) is 2. The average Bonchev–Trinajstić information content (AvgIpc) is 3.40. The van der Waals surface area contributed by atoms with Gasteiger partial charge in [-0.2, -0.15) is 5.21 Å². The third-order valence-electron chi connectivity index (χ3n) is 7.54. The molecule has 1 aliphatic carbocycles. The Kier molecular flexibility index (Phi) is 8.34. The zero-order chi connectivity index (χ0) is 27.3.